The van der Waals surface area contributed by atoms with Crippen molar-refractivity contribution in [2.24, 2.45) is 5.92 Å². The van der Waals surface area contributed by atoms with Gasteiger partial charge in [0.1, 0.15) is 5.75 Å². The van der Waals surface area contributed by atoms with E-state index in [-0.39, 0.29) is 11.8 Å². The first-order valence-corrected chi connectivity index (χ1v) is 7.58. The summed E-state index contributed by atoms with van der Waals surface area (Å²) in [7, 11) is 1.58. The Hall–Kier alpha value is -2.08. The molecule has 0 aliphatic carbocycles. The summed E-state index contributed by atoms with van der Waals surface area (Å²) in [5.41, 5.74) is -0.447. The van der Waals surface area contributed by atoms with E-state index in [2.05, 4.69) is 4.90 Å². The van der Waals surface area contributed by atoms with E-state index in [4.69, 9.17) is 9.47 Å². The highest BCUT2D eigenvalue weighted by molar-refractivity contribution is 6.20. The lowest BCUT2D eigenvalue weighted by Gasteiger charge is -2.48. The fourth-order valence-electron chi connectivity index (χ4n) is 3.85. The highest BCUT2D eigenvalue weighted by Crippen LogP contribution is 2.44. The number of fused-ring (bicyclic) bond motifs is 2. The van der Waals surface area contributed by atoms with Gasteiger partial charge in [-0.3, -0.25) is 9.69 Å². The second-order valence-corrected chi connectivity index (χ2v) is 6.15. The van der Waals surface area contributed by atoms with Crippen LogP contribution in [-0.4, -0.2) is 49.2 Å². The quantitative estimate of drug-likeness (QED) is 0.831. The van der Waals surface area contributed by atoms with Gasteiger partial charge in [-0.1, -0.05) is 0 Å². The number of rotatable bonds is 2. The van der Waals surface area contributed by atoms with Gasteiger partial charge in [0.05, 0.1) is 12.8 Å². The number of nitrogens with zero attached hydrogens (tertiary/aromatic N) is 2. The van der Waals surface area contributed by atoms with Crippen LogP contribution in [0.5, 0.6) is 5.75 Å². The Morgan fingerprint density at radius 3 is 2.41 bits per heavy atom. The Morgan fingerprint density at radius 2 is 1.86 bits per heavy atom. The molecule has 6 nitrogen and oxygen atoms in total. The first kappa shape index (κ1) is 13.6. The molecule has 5 rings (SSSR count). The average molecular weight is 302 g/mol. The first-order valence-electron chi connectivity index (χ1n) is 7.58. The van der Waals surface area contributed by atoms with E-state index >= 15 is 0 Å². The van der Waals surface area contributed by atoms with Gasteiger partial charge in [0.25, 0.3) is 5.91 Å². The molecule has 1 aromatic rings. The minimum Gasteiger partial charge on any atom is -0.497 e. The molecule has 4 fully saturated rings. The van der Waals surface area contributed by atoms with Gasteiger partial charge in [0.15, 0.2) is 0 Å². The molecule has 4 saturated heterocycles. The van der Waals surface area contributed by atoms with Crippen molar-refractivity contribution in [2.45, 2.75) is 18.4 Å². The summed E-state index contributed by atoms with van der Waals surface area (Å²) in [6.07, 6.45) is 1.26. The number of carbonyl (C=O) groups is 2. The molecule has 2 bridgehead atoms. The number of benzene rings is 1. The fourth-order valence-corrected chi connectivity index (χ4v) is 3.85. The van der Waals surface area contributed by atoms with Crippen molar-refractivity contribution in [2.75, 3.05) is 31.6 Å². The molecule has 1 spiro atoms. The number of anilines is 1. The standard InChI is InChI=1S/C16H18N2O4/c1-21-13-4-2-12(3-5-13)18-14(19)16(22-15(18)20)10-17-8-6-11(16)7-9-17/h2-5,11H,6-10H2,1H3. The minimum absolute atomic E-state index is 0.136. The normalized spacial score (nSPS) is 33.4. The third kappa shape index (κ3) is 1.76. The van der Waals surface area contributed by atoms with E-state index in [1.165, 1.54) is 4.90 Å². The molecule has 0 aromatic heterocycles. The van der Waals surface area contributed by atoms with Crippen LogP contribution < -0.4 is 9.64 Å². The number of ether oxygens (including phenoxy) is 2. The van der Waals surface area contributed by atoms with Crippen LogP contribution >= 0.6 is 0 Å². The molecule has 4 aliphatic rings. The van der Waals surface area contributed by atoms with Crippen molar-refractivity contribution >= 4 is 17.7 Å². The van der Waals surface area contributed by atoms with E-state index in [9.17, 15) is 9.59 Å². The average Bonchev–Trinajstić information content (AvgIpc) is 2.79. The molecule has 1 aromatic carbocycles. The van der Waals surface area contributed by atoms with Crippen LogP contribution in [-0.2, 0) is 9.53 Å². The lowest BCUT2D eigenvalue weighted by molar-refractivity contribution is -0.148. The Bertz CT molecular complexity index is 622. The predicted octanol–water partition coefficient (Wildman–Crippen LogP) is 1.64. The molecule has 6 heteroatoms. The van der Waals surface area contributed by atoms with Gasteiger partial charge in [-0.15, -0.1) is 0 Å². The zero-order valence-electron chi connectivity index (χ0n) is 12.4. The third-order valence-electron chi connectivity index (χ3n) is 5.05. The summed E-state index contributed by atoms with van der Waals surface area (Å²) in [6, 6.07) is 6.88. The molecule has 4 aliphatic heterocycles. The van der Waals surface area contributed by atoms with Crippen LogP contribution in [0.1, 0.15) is 12.8 Å². The van der Waals surface area contributed by atoms with Crippen LogP contribution in [0.3, 0.4) is 0 Å². The Morgan fingerprint density at radius 1 is 1.18 bits per heavy atom. The van der Waals surface area contributed by atoms with Gasteiger partial charge >= 0.3 is 6.09 Å². The van der Waals surface area contributed by atoms with Crippen LogP contribution in [0.15, 0.2) is 24.3 Å². The molecule has 0 N–H and O–H groups in total. The Balaban J connectivity index is 1.67. The Labute approximate surface area is 128 Å². The van der Waals surface area contributed by atoms with E-state index in [0.29, 0.717) is 18.0 Å². The predicted molar refractivity (Wildman–Crippen MR) is 78.9 cm³/mol. The number of hydrogen-bond acceptors (Lipinski definition) is 5. The second kappa shape index (κ2) is 4.71. The van der Waals surface area contributed by atoms with Crippen LogP contribution in [0.4, 0.5) is 10.5 Å². The molecule has 1 atom stereocenters. The molecule has 22 heavy (non-hydrogen) atoms. The largest absolute Gasteiger partial charge is 0.497 e. The summed E-state index contributed by atoms with van der Waals surface area (Å²) in [6.45, 7) is 2.49. The van der Waals surface area contributed by atoms with Gasteiger partial charge in [0, 0.05) is 12.5 Å². The van der Waals surface area contributed by atoms with Crippen molar-refractivity contribution in [1.29, 1.82) is 0 Å². The maximum absolute atomic E-state index is 13.0. The van der Waals surface area contributed by atoms with Gasteiger partial charge in [-0.05, 0) is 50.2 Å². The van der Waals surface area contributed by atoms with E-state index in [1.807, 2.05) is 0 Å². The molecule has 4 heterocycles. The summed E-state index contributed by atoms with van der Waals surface area (Å²) >= 11 is 0. The minimum atomic E-state index is -0.979. The third-order valence-corrected chi connectivity index (χ3v) is 5.05. The number of piperidine rings is 3. The number of hydrogen-bond donors (Lipinski definition) is 0. The molecule has 2 amide bonds. The fraction of sp³-hybridized carbons (Fsp3) is 0.500. The number of carbonyl (C=O) groups excluding carboxylic acids is 2. The van der Waals surface area contributed by atoms with Crippen LogP contribution in [0.25, 0.3) is 0 Å². The zero-order valence-corrected chi connectivity index (χ0v) is 12.4. The molecule has 0 radical (unpaired) electrons. The van der Waals surface area contributed by atoms with E-state index < -0.39 is 11.7 Å². The van der Waals surface area contributed by atoms with Gasteiger partial charge < -0.3 is 9.47 Å². The SMILES string of the molecule is COc1ccc(N2C(=O)OC3(CN4CCC3CC4)C2=O)cc1. The number of amides is 2. The molecule has 1 unspecified atom stereocenters. The summed E-state index contributed by atoms with van der Waals surface area (Å²) in [5.74, 6) is 0.593. The smallest absolute Gasteiger partial charge is 0.422 e. The van der Waals surface area contributed by atoms with Crippen LogP contribution in [0.2, 0.25) is 0 Å². The summed E-state index contributed by atoms with van der Waals surface area (Å²) in [5, 5.41) is 0. The van der Waals surface area contributed by atoms with Gasteiger partial charge in [0.2, 0.25) is 5.60 Å². The first-order chi connectivity index (χ1) is 10.6. The van der Waals surface area contributed by atoms with Gasteiger partial charge in [-0.25, -0.2) is 9.69 Å². The maximum atomic E-state index is 13.0. The van der Waals surface area contributed by atoms with E-state index in [0.717, 1.165) is 25.9 Å². The highest BCUT2D eigenvalue weighted by atomic mass is 16.6. The lowest BCUT2D eigenvalue weighted by atomic mass is 9.75. The monoisotopic (exact) mass is 302 g/mol. The Kier molecular flexibility index (Phi) is 2.91. The number of methoxy groups -OCH3 is 1. The molecular weight excluding hydrogens is 284 g/mol. The lowest BCUT2D eigenvalue weighted by Crippen LogP contribution is -2.63. The molecular formula is C16H18N2O4. The van der Waals surface area contributed by atoms with Gasteiger partial charge in [-0.2, -0.15) is 0 Å². The second-order valence-electron chi connectivity index (χ2n) is 6.15. The van der Waals surface area contributed by atoms with Crippen molar-refractivity contribution in [3.8, 4) is 5.75 Å². The zero-order chi connectivity index (χ0) is 15.3. The van der Waals surface area contributed by atoms with Crippen molar-refractivity contribution < 1.29 is 19.1 Å². The highest BCUT2D eigenvalue weighted by Gasteiger charge is 2.62. The van der Waals surface area contributed by atoms with Crippen LogP contribution in [0, 0.1) is 5.92 Å². The maximum Gasteiger partial charge on any atom is 0.422 e. The van der Waals surface area contributed by atoms with E-state index in [1.54, 1.807) is 31.4 Å². The molecule has 116 valence electrons. The number of imide groups is 1. The topological polar surface area (TPSA) is 59.1 Å². The van der Waals surface area contributed by atoms with Crippen molar-refractivity contribution in [1.82, 2.24) is 4.90 Å². The van der Waals surface area contributed by atoms with Crippen molar-refractivity contribution in [3.63, 3.8) is 0 Å². The molecule has 0 saturated carbocycles. The van der Waals surface area contributed by atoms with Crippen molar-refractivity contribution in [3.05, 3.63) is 24.3 Å². The summed E-state index contributed by atoms with van der Waals surface area (Å²) in [4.78, 5) is 28.7. The summed E-state index contributed by atoms with van der Waals surface area (Å²) < 4.78 is 10.7.